The first kappa shape index (κ1) is 12.9. The van der Waals surface area contributed by atoms with Gasteiger partial charge >= 0.3 is 0 Å². The van der Waals surface area contributed by atoms with Gasteiger partial charge in [-0.15, -0.1) is 0 Å². The van der Waals surface area contributed by atoms with E-state index in [-0.39, 0.29) is 18.2 Å². The fourth-order valence-electron chi connectivity index (χ4n) is 2.06. The van der Waals surface area contributed by atoms with Crippen molar-refractivity contribution >= 4 is 23.3 Å². The largest absolute Gasteiger partial charge is 0.396 e. The van der Waals surface area contributed by atoms with Gasteiger partial charge in [-0.1, -0.05) is 6.92 Å². The number of fused-ring (bicyclic) bond motifs is 1. The van der Waals surface area contributed by atoms with Gasteiger partial charge < -0.3 is 10.1 Å². The number of H-pyrrole nitrogens is 1. The van der Waals surface area contributed by atoms with Crippen LogP contribution in [0.2, 0.25) is 0 Å². The zero-order valence-corrected chi connectivity index (χ0v) is 10.9. The highest BCUT2D eigenvalue weighted by molar-refractivity contribution is 7.71. The summed E-state index contributed by atoms with van der Waals surface area (Å²) in [4.78, 5) is 19.4. The van der Waals surface area contributed by atoms with Gasteiger partial charge in [0.15, 0.2) is 4.77 Å². The van der Waals surface area contributed by atoms with Crippen molar-refractivity contribution in [1.82, 2.24) is 14.5 Å². The number of hydrogen-bond acceptors (Lipinski definition) is 4. The molecule has 5 nitrogen and oxygen atoms in total. The fourth-order valence-corrected chi connectivity index (χ4v) is 2.39. The average molecular weight is 265 g/mol. The molecule has 0 radical (unpaired) electrons. The molecule has 1 atom stereocenters. The van der Waals surface area contributed by atoms with E-state index in [1.165, 1.54) is 4.57 Å². The minimum absolute atomic E-state index is 0.0325. The monoisotopic (exact) mass is 265 g/mol. The van der Waals surface area contributed by atoms with Crippen LogP contribution in [0.4, 0.5) is 0 Å². The molecule has 96 valence electrons. The van der Waals surface area contributed by atoms with Gasteiger partial charge in [-0.05, 0) is 37.2 Å². The first-order valence-electron chi connectivity index (χ1n) is 5.89. The average Bonchev–Trinajstić information content (AvgIpc) is 2.37. The van der Waals surface area contributed by atoms with Crippen LogP contribution < -0.4 is 5.56 Å². The molecule has 0 amide bonds. The Bertz CT molecular complexity index is 662. The second-order valence-electron chi connectivity index (χ2n) is 4.08. The lowest BCUT2D eigenvalue weighted by molar-refractivity contribution is 0.252. The number of nitrogens with zero attached hydrogens (tertiary/aromatic N) is 2. The maximum absolute atomic E-state index is 12.4. The van der Waals surface area contributed by atoms with E-state index in [1.54, 1.807) is 18.3 Å². The van der Waals surface area contributed by atoms with Crippen LogP contribution in [0.15, 0.2) is 23.1 Å². The Morgan fingerprint density at radius 2 is 2.39 bits per heavy atom. The molecule has 2 aromatic rings. The van der Waals surface area contributed by atoms with Crippen LogP contribution in [0.25, 0.3) is 11.0 Å². The molecule has 0 aliphatic carbocycles. The van der Waals surface area contributed by atoms with Crippen molar-refractivity contribution in [2.45, 2.75) is 25.8 Å². The van der Waals surface area contributed by atoms with Crippen LogP contribution in [-0.4, -0.2) is 26.2 Å². The van der Waals surface area contributed by atoms with Crippen molar-refractivity contribution in [3.05, 3.63) is 33.5 Å². The number of hydrogen-bond donors (Lipinski definition) is 2. The van der Waals surface area contributed by atoms with Crippen LogP contribution in [0.5, 0.6) is 0 Å². The summed E-state index contributed by atoms with van der Waals surface area (Å²) >= 11 is 5.21. The lowest BCUT2D eigenvalue weighted by Crippen LogP contribution is -2.27. The van der Waals surface area contributed by atoms with Crippen LogP contribution in [0, 0.1) is 4.77 Å². The number of aromatic amines is 1. The molecular weight excluding hydrogens is 250 g/mol. The topological polar surface area (TPSA) is 70.9 Å². The quantitative estimate of drug-likeness (QED) is 0.827. The zero-order valence-electron chi connectivity index (χ0n) is 10.1. The number of nitrogens with one attached hydrogen (secondary N) is 1. The molecule has 0 aromatic carbocycles. The van der Waals surface area contributed by atoms with Gasteiger partial charge in [0.2, 0.25) is 0 Å². The smallest absolute Gasteiger partial charge is 0.264 e. The molecule has 1 unspecified atom stereocenters. The maximum atomic E-state index is 12.4. The van der Waals surface area contributed by atoms with Gasteiger partial charge in [-0.3, -0.25) is 9.36 Å². The lowest BCUT2D eigenvalue weighted by Gasteiger charge is -2.17. The predicted octanol–water partition coefficient (Wildman–Crippen LogP) is 1.79. The van der Waals surface area contributed by atoms with Crippen molar-refractivity contribution < 1.29 is 5.11 Å². The summed E-state index contributed by atoms with van der Waals surface area (Å²) in [6.07, 6.45) is 2.87. The molecule has 0 saturated heterocycles. The molecule has 0 aliphatic heterocycles. The normalized spacial score (nSPS) is 12.8. The number of rotatable bonds is 4. The van der Waals surface area contributed by atoms with Crippen LogP contribution >= 0.6 is 12.2 Å². The molecule has 2 rings (SSSR count). The number of aliphatic hydroxyl groups excluding tert-OH is 1. The Morgan fingerprint density at radius 3 is 3.06 bits per heavy atom. The predicted molar refractivity (Wildman–Crippen MR) is 72.2 cm³/mol. The third-order valence-electron chi connectivity index (χ3n) is 3.00. The van der Waals surface area contributed by atoms with Gasteiger partial charge in [-0.25, -0.2) is 4.98 Å². The summed E-state index contributed by atoms with van der Waals surface area (Å²) in [6.45, 7) is 2.00. The van der Waals surface area contributed by atoms with Crippen molar-refractivity contribution in [1.29, 1.82) is 0 Å². The molecule has 0 spiro atoms. The SMILES string of the molecule is CCC(CCO)n1c(=S)[nH]c2ncccc2c1=O. The van der Waals surface area contributed by atoms with Crippen molar-refractivity contribution in [3.63, 3.8) is 0 Å². The van der Waals surface area contributed by atoms with Gasteiger partial charge in [0.25, 0.3) is 5.56 Å². The maximum Gasteiger partial charge on any atom is 0.264 e. The van der Waals surface area contributed by atoms with E-state index in [1.807, 2.05) is 6.92 Å². The molecule has 6 heteroatoms. The highest BCUT2D eigenvalue weighted by Gasteiger charge is 2.14. The Balaban J connectivity index is 2.71. The zero-order chi connectivity index (χ0) is 13.1. The van der Waals surface area contributed by atoms with Gasteiger partial charge in [-0.2, -0.15) is 0 Å². The molecule has 2 aromatic heterocycles. The van der Waals surface area contributed by atoms with E-state index in [4.69, 9.17) is 17.3 Å². The Labute approximate surface area is 109 Å². The summed E-state index contributed by atoms with van der Waals surface area (Å²) in [5.41, 5.74) is 0.352. The Hall–Kier alpha value is -1.53. The van der Waals surface area contributed by atoms with Crippen LogP contribution in [-0.2, 0) is 0 Å². The molecule has 2 N–H and O–H groups in total. The lowest BCUT2D eigenvalue weighted by atomic mass is 10.1. The van der Waals surface area contributed by atoms with E-state index in [9.17, 15) is 4.79 Å². The second-order valence-corrected chi connectivity index (χ2v) is 4.47. The molecular formula is C12H15N3O2S. The van der Waals surface area contributed by atoms with Crippen molar-refractivity contribution in [2.24, 2.45) is 0 Å². The minimum atomic E-state index is -0.151. The molecule has 2 heterocycles. The summed E-state index contributed by atoms with van der Waals surface area (Å²) in [5, 5.41) is 9.57. The van der Waals surface area contributed by atoms with E-state index in [2.05, 4.69) is 9.97 Å². The van der Waals surface area contributed by atoms with E-state index >= 15 is 0 Å². The second kappa shape index (κ2) is 5.41. The molecule has 0 saturated carbocycles. The number of pyridine rings is 1. The third-order valence-corrected chi connectivity index (χ3v) is 3.30. The highest BCUT2D eigenvalue weighted by Crippen LogP contribution is 2.15. The van der Waals surface area contributed by atoms with Gasteiger partial charge in [0, 0.05) is 18.8 Å². The standard InChI is InChI=1S/C12H15N3O2S/c1-2-8(5-7-16)15-11(17)9-4-3-6-13-10(9)14-12(15)18/h3-4,6,8,16H,2,5,7H2,1H3,(H,13,14,18). The van der Waals surface area contributed by atoms with E-state index in [0.717, 1.165) is 6.42 Å². The van der Waals surface area contributed by atoms with Crippen molar-refractivity contribution in [2.75, 3.05) is 6.61 Å². The Morgan fingerprint density at radius 1 is 1.61 bits per heavy atom. The highest BCUT2D eigenvalue weighted by atomic mass is 32.1. The summed E-state index contributed by atoms with van der Waals surface area (Å²) in [6, 6.07) is 3.35. The summed E-state index contributed by atoms with van der Waals surface area (Å²) in [7, 11) is 0. The van der Waals surface area contributed by atoms with E-state index in [0.29, 0.717) is 22.2 Å². The van der Waals surface area contributed by atoms with Gasteiger partial charge in [0.1, 0.15) is 5.65 Å². The molecule has 18 heavy (non-hydrogen) atoms. The third kappa shape index (κ3) is 2.21. The fraction of sp³-hybridized carbons (Fsp3) is 0.417. The summed E-state index contributed by atoms with van der Waals surface area (Å²) < 4.78 is 1.89. The minimum Gasteiger partial charge on any atom is -0.396 e. The summed E-state index contributed by atoms with van der Waals surface area (Å²) in [5.74, 6) is 0. The van der Waals surface area contributed by atoms with Crippen molar-refractivity contribution in [3.8, 4) is 0 Å². The number of aliphatic hydroxyl groups is 1. The van der Waals surface area contributed by atoms with Crippen LogP contribution in [0.3, 0.4) is 0 Å². The molecule has 0 aliphatic rings. The molecule has 0 bridgehead atoms. The Kier molecular flexibility index (Phi) is 3.88. The number of aromatic nitrogens is 3. The molecule has 0 fully saturated rings. The van der Waals surface area contributed by atoms with Crippen LogP contribution in [0.1, 0.15) is 25.8 Å². The van der Waals surface area contributed by atoms with E-state index < -0.39 is 0 Å². The first-order chi connectivity index (χ1) is 8.69. The van der Waals surface area contributed by atoms with Gasteiger partial charge in [0.05, 0.1) is 5.39 Å². The first-order valence-corrected chi connectivity index (χ1v) is 6.30.